The van der Waals surface area contributed by atoms with Crippen molar-refractivity contribution in [1.82, 2.24) is 20.4 Å². The average molecular weight is 308 g/mol. The molecule has 1 aliphatic carbocycles. The predicted octanol–water partition coefficient (Wildman–Crippen LogP) is 2.44. The first kappa shape index (κ1) is 16.8. The largest absolute Gasteiger partial charge is 0.444 e. The monoisotopic (exact) mass is 308 g/mol. The smallest absolute Gasteiger partial charge is 0.407 e. The lowest BCUT2D eigenvalue weighted by Crippen LogP contribution is -2.53. The highest BCUT2D eigenvalue weighted by Gasteiger charge is 2.31. The third-order valence-electron chi connectivity index (χ3n) is 3.67. The van der Waals surface area contributed by atoms with Crippen molar-refractivity contribution in [3.63, 3.8) is 0 Å². The molecule has 0 unspecified atom stereocenters. The van der Waals surface area contributed by atoms with Crippen molar-refractivity contribution >= 4 is 6.09 Å². The summed E-state index contributed by atoms with van der Waals surface area (Å²) in [6, 6.07) is 2.72. The van der Waals surface area contributed by atoms with Gasteiger partial charge in [0.15, 0.2) is 0 Å². The van der Waals surface area contributed by atoms with Crippen LogP contribution in [-0.4, -0.2) is 33.6 Å². The van der Waals surface area contributed by atoms with Crippen LogP contribution in [0.4, 0.5) is 4.79 Å². The fourth-order valence-corrected chi connectivity index (χ4v) is 2.55. The fraction of sp³-hybridized carbons (Fsp3) is 0.750. The number of carbonyl (C=O) groups is 1. The highest BCUT2D eigenvalue weighted by atomic mass is 16.6. The fourth-order valence-electron chi connectivity index (χ4n) is 2.55. The maximum atomic E-state index is 11.7. The molecule has 0 atom stereocenters. The van der Waals surface area contributed by atoms with Gasteiger partial charge in [-0.25, -0.2) is 4.79 Å². The number of nitrogens with zero attached hydrogens (tertiary/aromatic N) is 2. The molecule has 1 amide bonds. The van der Waals surface area contributed by atoms with Crippen LogP contribution in [0.1, 0.15) is 52.7 Å². The van der Waals surface area contributed by atoms with Crippen LogP contribution in [0.5, 0.6) is 0 Å². The van der Waals surface area contributed by atoms with Crippen LogP contribution in [-0.2, 0) is 17.8 Å². The summed E-state index contributed by atoms with van der Waals surface area (Å²) in [5.41, 5.74) is 0.772. The number of nitrogens with one attached hydrogen (secondary N) is 2. The lowest BCUT2D eigenvalue weighted by molar-refractivity contribution is 0.0465. The van der Waals surface area contributed by atoms with Gasteiger partial charge < -0.3 is 15.4 Å². The SMILES string of the molecule is CCCn1nccc1CNC1CC(NC(=O)OC(C)(C)C)C1. The topological polar surface area (TPSA) is 68.2 Å². The molecule has 0 aromatic carbocycles. The molecule has 1 aliphatic rings. The third kappa shape index (κ3) is 5.02. The zero-order chi connectivity index (χ0) is 16.2. The molecule has 1 saturated carbocycles. The van der Waals surface area contributed by atoms with Gasteiger partial charge in [0.25, 0.3) is 0 Å². The van der Waals surface area contributed by atoms with E-state index in [0.717, 1.165) is 32.4 Å². The molecule has 0 aliphatic heterocycles. The molecule has 1 fully saturated rings. The lowest BCUT2D eigenvalue weighted by Gasteiger charge is -2.36. The second-order valence-corrected chi connectivity index (χ2v) is 6.94. The molecule has 0 spiro atoms. The highest BCUT2D eigenvalue weighted by molar-refractivity contribution is 5.68. The molecule has 6 heteroatoms. The number of aromatic nitrogens is 2. The van der Waals surface area contributed by atoms with Crippen molar-refractivity contribution in [3.05, 3.63) is 18.0 Å². The number of carbonyl (C=O) groups excluding carboxylic acids is 1. The van der Waals surface area contributed by atoms with Gasteiger partial charge in [0.05, 0.1) is 5.69 Å². The highest BCUT2D eigenvalue weighted by Crippen LogP contribution is 2.21. The number of amides is 1. The first-order chi connectivity index (χ1) is 10.4. The molecule has 22 heavy (non-hydrogen) atoms. The van der Waals surface area contributed by atoms with E-state index < -0.39 is 5.60 Å². The van der Waals surface area contributed by atoms with Crippen LogP contribution < -0.4 is 10.6 Å². The summed E-state index contributed by atoms with van der Waals surface area (Å²) < 4.78 is 7.30. The van der Waals surface area contributed by atoms with E-state index in [-0.39, 0.29) is 12.1 Å². The van der Waals surface area contributed by atoms with Gasteiger partial charge in [-0.3, -0.25) is 4.68 Å². The van der Waals surface area contributed by atoms with Crippen LogP contribution in [0.25, 0.3) is 0 Å². The number of hydrogen-bond donors (Lipinski definition) is 2. The third-order valence-corrected chi connectivity index (χ3v) is 3.67. The second-order valence-electron chi connectivity index (χ2n) is 6.94. The summed E-state index contributed by atoms with van der Waals surface area (Å²) in [6.07, 6.45) is 4.50. The van der Waals surface area contributed by atoms with Gasteiger partial charge in [0, 0.05) is 31.4 Å². The molecule has 0 saturated heterocycles. The Morgan fingerprint density at radius 3 is 2.77 bits per heavy atom. The van der Waals surface area contributed by atoms with Crippen LogP contribution in [0.15, 0.2) is 12.3 Å². The minimum atomic E-state index is -0.441. The van der Waals surface area contributed by atoms with E-state index in [9.17, 15) is 4.79 Å². The number of hydrogen-bond acceptors (Lipinski definition) is 4. The Balaban J connectivity index is 1.65. The Bertz CT molecular complexity index is 487. The summed E-state index contributed by atoms with van der Waals surface area (Å²) >= 11 is 0. The Labute approximate surface area is 132 Å². The predicted molar refractivity (Wildman–Crippen MR) is 85.5 cm³/mol. The minimum absolute atomic E-state index is 0.216. The number of rotatable bonds is 6. The quantitative estimate of drug-likeness (QED) is 0.847. The summed E-state index contributed by atoms with van der Waals surface area (Å²) in [7, 11) is 0. The van der Waals surface area contributed by atoms with E-state index in [4.69, 9.17) is 4.74 Å². The van der Waals surface area contributed by atoms with Crippen LogP contribution >= 0.6 is 0 Å². The van der Waals surface area contributed by atoms with Crippen LogP contribution in [0.3, 0.4) is 0 Å². The average Bonchev–Trinajstić information content (AvgIpc) is 2.77. The van der Waals surface area contributed by atoms with Gasteiger partial charge in [0.1, 0.15) is 5.60 Å². The first-order valence-corrected chi connectivity index (χ1v) is 8.11. The molecule has 124 valence electrons. The van der Waals surface area contributed by atoms with Gasteiger partial charge >= 0.3 is 6.09 Å². The molecule has 1 aromatic heterocycles. The van der Waals surface area contributed by atoms with Crippen molar-refractivity contribution in [2.45, 2.75) is 77.7 Å². The summed E-state index contributed by atoms with van der Waals surface area (Å²) in [5, 5.41) is 10.7. The Morgan fingerprint density at radius 2 is 2.14 bits per heavy atom. The number of ether oxygens (including phenoxy) is 1. The molecular weight excluding hydrogens is 280 g/mol. The van der Waals surface area contributed by atoms with E-state index in [0.29, 0.717) is 6.04 Å². The molecule has 1 aromatic rings. The van der Waals surface area contributed by atoms with E-state index in [1.54, 1.807) is 0 Å². The van der Waals surface area contributed by atoms with Gasteiger partial charge in [-0.15, -0.1) is 0 Å². The van der Waals surface area contributed by atoms with Gasteiger partial charge in [0.2, 0.25) is 0 Å². The van der Waals surface area contributed by atoms with Crippen LogP contribution in [0, 0.1) is 0 Å². The molecule has 1 heterocycles. The minimum Gasteiger partial charge on any atom is -0.444 e. The van der Waals surface area contributed by atoms with Crippen molar-refractivity contribution in [3.8, 4) is 0 Å². The zero-order valence-electron chi connectivity index (χ0n) is 14.1. The van der Waals surface area contributed by atoms with Gasteiger partial charge in [-0.2, -0.15) is 5.10 Å². The number of alkyl carbamates (subject to hydrolysis) is 1. The maximum absolute atomic E-state index is 11.7. The lowest BCUT2D eigenvalue weighted by atomic mass is 9.87. The Kier molecular flexibility index (Phi) is 5.45. The van der Waals surface area contributed by atoms with Crippen molar-refractivity contribution in [2.24, 2.45) is 0 Å². The first-order valence-electron chi connectivity index (χ1n) is 8.11. The summed E-state index contributed by atoms with van der Waals surface area (Å²) in [6.45, 7) is 9.55. The molecular formula is C16H28N4O2. The normalized spacial score (nSPS) is 21.3. The molecule has 2 N–H and O–H groups in total. The molecule has 2 rings (SSSR count). The summed E-state index contributed by atoms with van der Waals surface area (Å²) in [5.74, 6) is 0. The molecule has 6 nitrogen and oxygen atoms in total. The molecule has 0 bridgehead atoms. The van der Waals surface area contributed by atoms with Crippen molar-refractivity contribution < 1.29 is 9.53 Å². The maximum Gasteiger partial charge on any atom is 0.407 e. The van der Waals surface area contributed by atoms with E-state index in [1.807, 2.05) is 31.6 Å². The summed E-state index contributed by atoms with van der Waals surface area (Å²) in [4.78, 5) is 11.7. The van der Waals surface area contributed by atoms with Gasteiger partial charge in [-0.05, 0) is 46.1 Å². The van der Waals surface area contributed by atoms with Crippen molar-refractivity contribution in [2.75, 3.05) is 0 Å². The van der Waals surface area contributed by atoms with Gasteiger partial charge in [-0.1, -0.05) is 6.92 Å². The molecule has 0 radical (unpaired) electrons. The van der Waals surface area contributed by atoms with Crippen molar-refractivity contribution in [1.29, 1.82) is 0 Å². The van der Waals surface area contributed by atoms with E-state index in [1.165, 1.54) is 5.69 Å². The van der Waals surface area contributed by atoms with Crippen LogP contribution in [0.2, 0.25) is 0 Å². The number of aryl methyl sites for hydroxylation is 1. The van der Waals surface area contributed by atoms with E-state index >= 15 is 0 Å². The zero-order valence-corrected chi connectivity index (χ0v) is 14.1. The second kappa shape index (κ2) is 7.13. The standard InChI is InChI=1S/C16H28N4O2/c1-5-8-20-14(6-7-18-20)11-17-12-9-13(10-12)19-15(21)22-16(2,3)4/h6-7,12-13,17H,5,8-11H2,1-4H3,(H,19,21). The van der Waals surface area contributed by atoms with E-state index in [2.05, 4.69) is 28.7 Å². The Morgan fingerprint density at radius 1 is 1.41 bits per heavy atom. The Hall–Kier alpha value is -1.56.